The molecule has 0 aliphatic carbocycles. The number of nitrogens with zero attached hydrogens (tertiary/aromatic N) is 1. The summed E-state index contributed by atoms with van der Waals surface area (Å²) in [6.45, 7) is 2.13. The Bertz CT molecular complexity index is 924. The molecule has 0 heterocycles. The molecule has 0 saturated carbocycles. The van der Waals surface area contributed by atoms with Crippen LogP contribution in [0.5, 0.6) is 11.5 Å². The van der Waals surface area contributed by atoms with Gasteiger partial charge in [-0.1, -0.05) is 24.9 Å². The quantitative estimate of drug-likeness (QED) is 0.486. The van der Waals surface area contributed by atoms with Gasteiger partial charge in [0.15, 0.2) is 18.1 Å². The van der Waals surface area contributed by atoms with Crippen LogP contribution in [-0.2, 0) is 9.53 Å². The molecule has 0 saturated heterocycles. The van der Waals surface area contributed by atoms with Crippen molar-refractivity contribution in [3.8, 4) is 17.6 Å². The first-order chi connectivity index (χ1) is 14.0. The van der Waals surface area contributed by atoms with E-state index in [1.54, 1.807) is 12.1 Å². The van der Waals surface area contributed by atoms with Crippen molar-refractivity contribution >= 4 is 29.2 Å². The minimum absolute atomic E-state index is 0.218. The van der Waals surface area contributed by atoms with Gasteiger partial charge in [-0.15, -0.1) is 0 Å². The maximum Gasteiger partial charge on any atom is 0.338 e. The number of rotatable bonds is 9. The second-order valence-electron chi connectivity index (χ2n) is 6.00. The number of halogens is 1. The molecular weight excluding hydrogens is 396 g/mol. The fourth-order valence-electron chi connectivity index (χ4n) is 2.34. The molecule has 2 aromatic rings. The number of carbonyl (C=O) groups is 2. The average molecular weight is 417 g/mol. The zero-order chi connectivity index (χ0) is 21.2. The van der Waals surface area contributed by atoms with Gasteiger partial charge in [-0.25, -0.2) is 4.79 Å². The molecule has 0 aromatic heterocycles. The second kappa shape index (κ2) is 10.9. The molecule has 2 rings (SSSR count). The monoisotopic (exact) mass is 416 g/mol. The van der Waals surface area contributed by atoms with E-state index in [1.807, 2.05) is 6.07 Å². The zero-order valence-electron chi connectivity index (χ0n) is 16.2. The maximum absolute atomic E-state index is 12.2. The Hall–Kier alpha value is -3.24. The van der Waals surface area contributed by atoms with Crippen LogP contribution >= 0.6 is 11.6 Å². The van der Waals surface area contributed by atoms with Crippen molar-refractivity contribution in [2.24, 2.45) is 0 Å². The van der Waals surface area contributed by atoms with Crippen LogP contribution in [0.4, 0.5) is 5.69 Å². The zero-order valence-corrected chi connectivity index (χ0v) is 16.9. The van der Waals surface area contributed by atoms with E-state index in [-0.39, 0.29) is 10.6 Å². The number of esters is 1. The molecule has 0 bridgehead atoms. The van der Waals surface area contributed by atoms with Gasteiger partial charge in [0.1, 0.15) is 6.07 Å². The van der Waals surface area contributed by atoms with Gasteiger partial charge in [0.2, 0.25) is 0 Å². The Morgan fingerprint density at radius 3 is 2.62 bits per heavy atom. The Morgan fingerprint density at radius 1 is 1.17 bits per heavy atom. The lowest BCUT2D eigenvalue weighted by atomic mass is 10.2. The lowest BCUT2D eigenvalue weighted by Crippen LogP contribution is -2.21. The van der Waals surface area contributed by atoms with Gasteiger partial charge in [0.05, 0.1) is 29.9 Å². The van der Waals surface area contributed by atoms with Gasteiger partial charge in [-0.2, -0.15) is 5.26 Å². The molecule has 152 valence electrons. The SMILES string of the molecule is CCCCOc1ccc(C(=O)OCC(=O)Nc2ccc(C#N)c(Cl)c2)cc1OC. The van der Waals surface area contributed by atoms with Crippen molar-refractivity contribution in [3.05, 3.63) is 52.5 Å². The normalized spacial score (nSPS) is 10.0. The summed E-state index contributed by atoms with van der Waals surface area (Å²) in [6, 6.07) is 11.1. The van der Waals surface area contributed by atoms with Crippen LogP contribution < -0.4 is 14.8 Å². The smallest absolute Gasteiger partial charge is 0.338 e. The molecule has 1 N–H and O–H groups in total. The van der Waals surface area contributed by atoms with Crippen LogP contribution in [-0.4, -0.2) is 32.2 Å². The third kappa shape index (κ3) is 6.40. The summed E-state index contributed by atoms with van der Waals surface area (Å²) in [5, 5.41) is 11.6. The highest BCUT2D eigenvalue weighted by molar-refractivity contribution is 6.32. The maximum atomic E-state index is 12.2. The molecular formula is C21H21ClN2O5. The first-order valence-electron chi connectivity index (χ1n) is 8.96. The van der Waals surface area contributed by atoms with E-state index in [0.717, 1.165) is 12.8 Å². The number of benzene rings is 2. The molecule has 0 spiro atoms. The van der Waals surface area contributed by atoms with Gasteiger partial charge >= 0.3 is 5.97 Å². The Labute approximate surface area is 174 Å². The van der Waals surface area contributed by atoms with Crippen LogP contribution in [0.25, 0.3) is 0 Å². The van der Waals surface area contributed by atoms with E-state index in [0.29, 0.717) is 29.4 Å². The number of nitriles is 1. The summed E-state index contributed by atoms with van der Waals surface area (Å²) >= 11 is 5.92. The summed E-state index contributed by atoms with van der Waals surface area (Å²) in [5.74, 6) is -0.262. The van der Waals surface area contributed by atoms with Gasteiger partial charge in [0, 0.05) is 5.69 Å². The number of anilines is 1. The molecule has 0 unspecified atom stereocenters. The third-order valence-corrected chi connectivity index (χ3v) is 4.18. The lowest BCUT2D eigenvalue weighted by Gasteiger charge is -2.12. The van der Waals surface area contributed by atoms with Crippen molar-refractivity contribution in [1.29, 1.82) is 5.26 Å². The van der Waals surface area contributed by atoms with E-state index in [9.17, 15) is 9.59 Å². The van der Waals surface area contributed by atoms with E-state index in [4.69, 9.17) is 31.1 Å². The number of ether oxygens (including phenoxy) is 3. The van der Waals surface area contributed by atoms with Gasteiger partial charge in [-0.05, 0) is 42.8 Å². The van der Waals surface area contributed by atoms with E-state index >= 15 is 0 Å². The number of amides is 1. The highest BCUT2D eigenvalue weighted by Gasteiger charge is 2.14. The minimum atomic E-state index is -0.670. The Morgan fingerprint density at radius 2 is 1.97 bits per heavy atom. The van der Waals surface area contributed by atoms with Crippen LogP contribution in [0, 0.1) is 11.3 Å². The summed E-state index contributed by atoms with van der Waals surface area (Å²) in [5.41, 5.74) is 0.927. The summed E-state index contributed by atoms with van der Waals surface area (Å²) in [4.78, 5) is 24.2. The molecule has 1 amide bonds. The van der Waals surface area contributed by atoms with Gasteiger partial charge < -0.3 is 19.5 Å². The van der Waals surface area contributed by atoms with Crippen molar-refractivity contribution in [2.75, 3.05) is 25.6 Å². The minimum Gasteiger partial charge on any atom is -0.493 e. The topological polar surface area (TPSA) is 97.6 Å². The summed E-state index contributed by atoms with van der Waals surface area (Å²) < 4.78 is 15.9. The van der Waals surface area contributed by atoms with E-state index < -0.39 is 18.5 Å². The summed E-state index contributed by atoms with van der Waals surface area (Å²) in [7, 11) is 1.48. The first kappa shape index (κ1) is 22.1. The Balaban J connectivity index is 1.93. The second-order valence-corrected chi connectivity index (χ2v) is 6.41. The van der Waals surface area contributed by atoms with E-state index in [2.05, 4.69) is 12.2 Å². The van der Waals surface area contributed by atoms with Crippen LogP contribution in [0.3, 0.4) is 0 Å². The molecule has 0 atom stereocenters. The average Bonchev–Trinajstić information content (AvgIpc) is 2.72. The fourth-order valence-corrected chi connectivity index (χ4v) is 2.56. The molecule has 0 radical (unpaired) electrons. The molecule has 0 fully saturated rings. The van der Waals surface area contributed by atoms with Gasteiger partial charge in [0.25, 0.3) is 5.91 Å². The third-order valence-electron chi connectivity index (χ3n) is 3.86. The van der Waals surface area contributed by atoms with Crippen LogP contribution in [0.2, 0.25) is 5.02 Å². The van der Waals surface area contributed by atoms with Crippen molar-refractivity contribution in [3.63, 3.8) is 0 Å². The number of hydrogen-bond acceptors (Lipinski definition) is 6. The van der Waals surface area contributed by atoms with Crippen LogP contribution in [0.1, 0.15) is 35.7 Å². The largest absolute Gasteiger partial charge is 0.493 e. The molecule has 2 aromatic carbocycles. The number of carbonyl (C=O) groups excluding carboxylic acids is 2. The standard InChI is InChI=1S/C21H21ClN2O5/c1-3-4-9-28-18-8-6-14(10-19(18)27-2)21(26)29-13-20(25)24-16-7-5-15(12-23)17(22)11-16/h5-8,10-11H,3-4,9,13H2,1-2H3,(H,24,25). The van der Waals surface area contributed by atoms with E-state index in [1.165, 1.54) is 31.4 Å². The molecule has 29 heavy (non-hydrogen) atoms. The molecule has 0 aliphatic rings. The first-order valence-corrected chi connectivity index (χ1v) is 9.33. The molecule has 8 heteroatoms. The number of hydrogen-bond donors (Lipinski definition) is 1. The molecule has 7 nitrogen and oxygen atoms in total. The predicted molar refractivity (Wildman–Crippen MR) is 108 cm³/mol. The lowest BCUT2D eigenvalue weighted by molar-refractivity contribution is -0.119. The highest BCUT2D eigenvalue weighted by atomic mass is 35.5. The summed E-state index contributed by atoms with van der Waals surface area (Å²) in [6.07, 6.45) is 1.91. The number of unbranched alkanes of at least 4 members (excludes halogenated alkanes) is 1. The number of methoxy groups -OCH3 is 1. The van der Waals surface area contributed by atoms with Crippen LogP contribution in [0.15, 0.2) is 36.4 Å². The number of nitrogens with one attached hydrogen (secondary N) is 1. The molecule has 0 aliphatic heterocycles. The fraction of sp³-hybridized carbons (Fsp3) is 0.286. The van der Waals surface area contributed by atoms with Gasteiger partial charge in [-0.3, -0.25) is 4.79 Å². The van der Waals surface area contributed by atoms with Crippen molar-refractivity contribution in [1.82, 2.24) is 0 Å². The van der Waals surface area contributed by atoms with Crippen molar-refractivity contribution < 1.29 is 23.8 Å². The van der Waals surface area contributed by atoms with Crippen molar-refractivity contribution in [2.45, 2.75) is 19.8 Å². The highest BCUT2D eigenvalue weighted by Crippen LogP contribution is 2.28. The predicted octanol–water partition coefficient (Wildman–Crippen LogP) is 4.19. The Kier molecular flexibility index (Phi) is 8.31.